The standard InChI is InChI=1S/C13H16N4O/c1-9-2-3-12(18-9)10-6-15-13(16-7-10)17-11-4-5-14-8-11/h2-3,6-7,11,14H,4-5,8H2,1H3,(H,15,16,17). The Labute approximate surface area is 106 Å². The number of aryl methyl sites for hydroxylation is 1. The Morgan fingerprint density at radius 1 is 1.33 bits per heavy atom. The summed E-state index contributed by atoms with van der Waals surface area (Å²) in [5.74, 6) is 2.38. The molecule has 0 aliphatic carbocycles. The van der Waals surface area contributed by atoms with Crippen molar-refractivity contribution in [2.75, 3.05) is 18.4 Å². The lowest BCUT2D eigenvalue weighted by atomic mass is 10.2. The van der Waals surface area contributed by atoms with E-state index in [-0.39, 0.29) is 0 Å². The summed E-state index contributed by atoms with van der Waals surface area (Å²) < 4.78 is 5.53. The van der Waals surface area contributed by atoms with E-state index in [1.165, 1.54) is 0 Å². The van der Waals surface area contributed by atoms with Gasteiger partial charge < -0.3 is 15.1 Å². The van der Waals surface area contributed by atoms with Crippen molar-refractivity contribution in [1.29, 1.82) is 0 Å². The molecule has 1 unspecified atom stereocenters. The monoisotopic (exact) mass is 244 g/mol. The molecule has 1 saturated heterocycles. The largest absolute Gasteiger partial charge is 0.461 e. The van der Waals surface area contributed by atoms with Crippen LogP contribution in [0, 0.1) is 6.92 Å². The minimum absolute atomic E-state index is 0.432. The van der Waals surface area contributed by atoms with Crippen LogP contribution in [-0.4, -0.2) is 29.1 Å². The van der Waals surface area contributed by atoms with Gasteiger partial charge in [-0.25, -0.2) is 9.97 Å². The molecule has 2 N–H and O–H groups in total. The van der Waals surface area contributed by atoms with Crippen molar-refractivity contribution in [3.05, 3.63) is 30.3 Å². The molecule has 1 aliphatic rings. The average molecular weight is 244 g/mol. The van der Waals surface area contributed by atoms with Gasteiger partial charge in [-0.2, -0.15) is 0 Å². The molecule has 2 aromatic heterocycles. The van der Waals surface area contributed by atoms with Gasteiger partial charge in [-0.1, -0.05) is 0 Å². The fourth-order valence-electron chi connectivity index (χ4n) is 2.08. The molecule has 0 amide bonds. The molecule has 0 bridgehead atoms. The number of anilines is 1. The minimum Gasteiger partial charge on any atom is -0.461 e. The molecule has 2 aromatic rings. The second-order valence-corrected chi connectivity index (χ2v) is 4.54. The third-order valence-corrected chi connectivity index (χ3v) is 3.07. The normalized spacial score (nSPS) is 19.1. The van der Waals surface area contributed by atoms with E-state index in [0.717, 1.165) is 36.6 Å². The highest BCUT2D eigenvalue weighted by Gasteiger charge is 2.14. The molecule has 5 nitrogen and oxygen atoms in total. The number of nitrogens with zero attached hydrogens (tertiary/aromatic N) is 2. The van der Waals surface area contributed by atoms with Gasteiger partial charge in [0.15, 0.2) is 0 Å². The quantitative estimate of drug-likeness (QED) is 0.862. The Morgan fingerprint density at radius 2 is 2.17 bits per heavy atom. The fourth-order valence-corrected chi connectivity index (χ4v) is 2.08. The molecule has 3 rings (SSSR count). The number of hydrogen-bond donors (Lipinski definition) is 2. The Morgan fingerprint density at radius 3 is 2.78 bits per heavy atom. The van der Waals surface area contributed by atoms with Crippen LogP contribution in [0.3, 0.4) is 0 Å². The van der Waals surface area contributed by atoms with Gasteiger partial charge in [-0.05, 0) is 32.0 Å². The van der Waals surface area contributed by atoms with E-state index in [0.29, 0.717) is 12.0 Å². The molecule has 1 atom stereocenters. The van der Waals surface area contributed by atoms with Crippen molar-refractivity contribution < 1.29 is 4.42 Å². The molecular weight excluding hydrogens is 228 g/mol. The summed E-state index contributed by atoms with van der Waals surface area (Å²) in [4.78, 5) is 8.64. The molecule has 0 spiro atoms. The lowest BCUT2D eigenvalue weighted by Crippen LogP contribution is -2.23. The third-order valence-electron chi connectivity index (χ3n) is 3.07. The van der Waals surface area contributed by atoms with Crippen LogP contribution in [0.25, 0.3) is 11.3 Å². The van der Waals surface area contributed by atoms with Crippen LogP contribution in [0.2, 0.25) is 0 Å². The van der Waals surface area contributed by atoms with Crippen LogP contribution >= 0.6 is 0 Å². The number of aromatic nitrogens is 2. The van der Waals surface area contributed by atoms with Crippen LogP contribution in [0.15, 0.2) is 28.9 Å². The SMILES string of the molecule is Cc1ccc(-c2cnc(NC3CCNC3)nc2)o1. The number of nitrogens with one attached hydrogen (secondary N) is 2. The smallest absolute Gasteiger partial charge is 0.222 e. The highest BCUT2D eigenvalue weighted by molar-refractivity contribution is 5.55. The number of furan rings is 1. The summed E-state index contributed by atoms with van der Waals surface area (Å²) in [6, 6.07) is 4.30. The predicted octanol–water partition coefficient (Wildman–Crippen LogP) is 1.82. The molecular formula is C13H16N4O. The van der Waals surface area contributed by atoms with E-state index in [9.17, 15) is 0 Å². The lowest BCUT2D eigenvalue weighted by Gasteiger charge is -2.10. The van der Waals surface area contributed by atoms with Gasteiger partial charge in [0, 0.05) is 25.0 Å². The van der Waals surface area contributed by atoms with Gasteiger partial charge in [0.25, 0.3) is 0 Å². The van der Waals surface area contributed by atoms with E-state index in [4.69, 9.17) is 4.42 Å². The fraction of sp³-hybridized carbons (Fsp3) is 0.385. The molecule has 18 heavy (non-hydrogen) atoms. The molecule has 0 radical (unpaired) electrons. The van der Waals surface area contributed by atoms with Crippen molar-refractivity contribution in [3.63, 3.8) is 0 Å². The molecule has 1 fully saturated rings. The topological polar surface area (TPSA) is 63.0 Å². The minimum atomic E-state index is 0.432. The van der Waals surface area contributed by atoms with Crippen LogP contribution in [0.1, 0.15) is 12.2 Å². The Hall–Kier alpha value is -1.88. The second kappa shape index (κ2) is 4.78. The van der Waals surface area contributed by atoms with Gasteiger partial charge in [-0.3, -0.25) is 0 Å². The van der Waals surface area contributed by atoms with Gasteiger partial charge in [0.1, 0.15) is 11.5 Å². The Bertz CT molecular complexity index is 514. The zero-order chi connectivity index (χ0) is 12.4. The zero-order valence-electron chi connectivity index (χ0n) is 10.3. The molecule has 0 aromatic carbocycles. The van der Waals surface area contributed by atoms with Gasteiger partial charge in [0.2, 0.25) is 5.95 Å². The number of hydrogen-bond acceptors (Lipinski definition) is 5. The van der Waals surface area contributed by atoms with Crippen molar-refractivity contribution in [2.45, 2.75) is 19.4 Å². The maximum absolute atomic E-state index is 5.53. The van der Waals surface area contributed by atoms with E-state index >= 15 is 0 Å². The van der Waals surface area contributed by atoms with E-state index < -0.39 is 0 Å². The summed E-state index contributed by atoms with van der Waals surface area (Å²) >= 11 is 0. The first-order valence-electron chi connectivity index (χ1n) is 6.17. The van der Waals surface area contributed by atoms with Crippen LogP contribution in [0.4, 0.5) is 5.95 Å². The van der Waals surface area contributed by atoms with Gasteiger partial charge in [0.05, 0.1) is 5.56 Å². The summed E-state index contributed by atoms with van der Waals surface area (Å²) in [7, 11) is 0. The molecule has 5 heteroatoms. The van der Waals surface area contributed by atoms with Crippen molar-refractivity contribution in [2.24, 2.45) is 0 Å². The van der Waals surface area contributed by atoms with Crippen molar-refractivity contribution in [1.82, 2.24) is 15.3 Å². The number of rotatable bonds is 3. The summed E-state index contributed by atoms with van der Waals surface area (Å²) in [5, 5.41) is 6.61. The van der Waals surface area contributed by atoms with E-state index in [1.54, 1.807) is 12.4 Å². The molecule has 94 valence electrons. The molecule has 1 aliphatic heterocycles. The van der Waals surface area contributed by atoms with E-state index in [1.807, 2.05) is 19.1 Å². The summed E-state index contributed by atoms with van der Waals surface area (Å²) in [6.45, 7) is 3.96. The van der Waals surface area contributed by atoms with Gasteiger partial charge >= 0.3 is 0 Å². The zero-order valence-corrected chi connectivity index (χ0v) is 10.3. The summed E-state index contributed by atoms with van der Waals surface area (Å²) in [5.41, 5.74) is 0.901. The van der Waals surface area contributed by atoms with Crippen LogP contribution < -0.4 is 10.6 Å². The van der Waals surface area contributed by atoms with E-state index in [2.05, 4.69) is 20.6 Å². The Balaban J connectivity index is 1.72. The highest BCUT2D eigenvalue weighted by atomic mass is 16.3. The van der Waals surface area contributed by atoms with Crippen LogP contribution in [-0.2, 0) is 0 Å². The first-order chi connectivity index (χ1) is 8.81. The summed E-state index contributed by atoms with van der Waals surface area (Å²) in [6.07, 6.45) is 4.69. The first-order valence-corrected chi connectivity index (χ1v) is 6.17. The molecule has 0 saturated carbocycles. The second-order valence-electron chi connectivity index (χ2n) is 4.54. The van der Waals surface area contributed by atoms with Crippen LogP contribution in [0.5, 0.6) is 0 Å². The Kier molecular flexibility index (Phi) is 2.98. The van der Waals surface area contributed by atoms with Crippen molar-refractivity contribution >= 4 is 5.95 Å². The average Bonchev–Trinajstić information content (AvgIpc) is 3.02. The maximum atomic E-state index is 5.53. The lowest BCUT2D eigenvalue weighted by molar-refractivity contribution is 0.548. The highest BCUT2D eigenvalue weighted by Crippen LogP contribution is 2.20. The molecule has 3 heterocycles. The maximum Gasteiger partial charge on any atom is 0.222 e. The third kappa shape index (κ3) is 2.36. The first kappa shape index (κ1) is 11.2. The predicted molar refractivity (Wildman–Crippen MR) is 69.4 cm³/mol. The van der Waals surface area contributed by atoms with Crippen molar-refractivity contribution in [3.8, 4) is 11.3 Å². The van der Waals surface area contributed by atoms with Gasteiger partial charge in [-0.15, -0.1) is 0 Å².